The number of rotatable bonds is 0. The van der Waals surface area contributed by atoms with Crippen molar-refractivity contribution in [2.75, 3.05) is 0 Å². The van der Waals surface area contributed by atoms with Crippen LogP contribution in [0.15, 0.2) is 6.20 Å². The molecule has 0 fully saturated rings. The fourth-order valence-electron chi connectivity index (χ4n) is 1.98. The molecule has 0 saturated heterocycles. The Morgan fingerprint density at radius 1 is 1.38 bits per heavy atom. The highest BCUT2D eigenvalue weighted by Crippen LogP contribution is 2.23. The smallest absolute Gasteiger partial charge is 0.0458 e. The lowest BCUT2D eigenvalue weighted by molar-refractivity contribution is 0.663. The van der Waals surface area contributed by atoms with Gasteiger partial charge in [0, 0.05) is 17.5 Å². The lowest BCUT2D eigenvalue weighted by Crippen LogP contribution is -2.08. The van der Waals surface area contributed by atoms with E-state index < -0.39 is 0 Å². The first-order valence-corrected chi connectivity index (χ1v) is 4.77. The molecule has 1 nitrogen and oxygen atoms in total. The molecule has 0 radical (unpaired) electrons. The number of terminal acetylenes is 1. The molecule has 1 aliphatic carbocycles. The molecule has 1 aromatic rings. The lowest BCUT2D eigenvalue weighted by Gasteiger charge is -2.17. The van der Waals surface area contributed by atoms with Crippen LogP contribution in [0.2, 0.25) is 0 Å². The van der Waals surface area contributed by atoms with Crippen LogP contribution in [0.5, 0.6) is 0 Å². The normalized spacial score (nSPS) is 14.8. The van der Waals surface area contributed by atoms with E-state index in [2.05, 4.69) is 17.8 Å². The Labute approximate surface area is 79.2 Å². The summed E-state index contributed by atoms with van der Waals surface area (Å²) in [5.41, 5.74) is 4.90. The van der Waals surface area contributed by atoms with Gasteiger partial charge in [0.05, 0.1) is 0 Å². The van der Waals surface area contributed by atoms with Crippen molar-refractivity contribution >= 4 is 0 Å². The molecule has 66 valence electrons. The van der Waals surface area contributed by atoms with Crippen LogP contribution in [0.4, 0.5) is 0 Å². The second kappa shape index (κ2) is 3.22. The summed E-state index contributed by atoms with van der Waals surface area (Å²) in [5.74, 6) is 2.68. The highest BCUT2D eigenvalue weighted by atomic mass is 14.7. The zero-order valence-electron chi connectivity index (χ0n) is 7.93. The van der Waals surface area contributed by atoms with Gasteiger partial charge in [-0.25, -0.2) is 0 Å². The van der Waals surface area contributed by atoms with Crippen LogP contribution in [-0.4, -0.2) is 4.98 Å². The van der Waals surface area contributed by atoms with Gasteiger partial charge >= 0.3 is 0 Å². The van der Waals surface area contributed by atoms with Crippen molar-refractivity contribution in [3.63, 3.8) is 0 Å². The van der Waals surface area contributed by atoms with Crippen molar-refractivity contribution in [1.29, 1.82) is 0 Å². The van der Waals surface area contributed by atoms with Gasteiger partial charge in [0.2, 0.25) is 0 Å². The molecule has 2 rings (SSSR count). The summed E-state index contributed by atoms with van der Waals surface area (Å²) < 4.78 is 0. The summed E-state index contributed by atoms with van der Waals surface area (Å²) in [6, 6.07) is 0. The Balaban J connectivity index is 2.56. The van der Waals surface area contributed by atoms with Crippen LogP contribution < -0.4 is 0 Å². The Kier molecular flexibility index (Phi) is 2.06. The second-order valence-electron chi connectivity index (χ2n) is 3.57. The molecule has 0 amide bonds. The third kappa shape index (κ3) is 1.33. The molecule has 0 aromatic carbocycles. The van der Waals surface area contributed by atoms with Gasteiger partial charge in [-0.2, -0.15) is 0 Å². The molecule has 1 aromatic heterocycles. The van der Waals surface area contributed by atoms with E-state index in [1.54, 1.807) is 0 Å². The summed E-state index contributed by atoms with van der Waals surface area (Å²) in [4.78, 5) is 4.41. The summed E-state index contributed by atoms with van der Waals surface area (Å²) in [6.07, 6.45) is 12.1. The van der Waals surface area contributed by atoms with Crippen LogP contribution >= 0.6 is 0 Å². The first-order valence-electron chi connectivity index (χ1n) is 4.77. The van der Waals surface area contributed by atoms with Gasteiger partial charge in [-0.3, -0.25) is 4.98 Å². The minimum Gasteiger partial charge on any atom is -0.260 e. The monoisotopic (exact) mass is 171 g/mol. The molecule has 0 atom stereocenters. The average Bonchev–Trinajstić information content (AvgIpc) is 2.19. The topological polar surface area (TPSA) is 12.9 Å². The number of pyridine rings is 1. The first kappa shape index (κ1) is 8.31. The van der Waals surface area contributed by atoms with Crippen LogP contribution in [-0.2, 0) is 12.8 Å². The Bertz CT molecular complexity index is 371. The van der Waals surface area contributed by atoms with Crippen molar-refractivity contribution in [2.45, 2.75) is 32.6 Å². The molecule has 1 heterocycles. The molecular formula is C12H13N. The largest absolute Gasteiger partial charge is 0.260 e. The molecule has 0 saturated carbocycles. The summed E-state index contributed by atoms with van der Waals surface area (Å²) in [7, 11) is 0. The number of aryl methyl sites for hydroxylation is 1. The van der Waals surface area contributed by atoms with Crippen molar-refractivity contribution in [1.82, 2.24) is 4.98 Å². The van der Waals surface area contributed by atoms with Gasteiger partial charge < -0.3 is 0 Å². The SMILES string of the molecule is C#Cc1cnc2c(c1C)CCCC2. The molecule has 13 heavy (non-hydrogen) atoms. The zero-order valence-corrected chi connectivity index (χ0v) is 7.93. The number of hydrogen-bond acceptors (Lipinski definition) is 1. The van der Waals surface area contributed by atoms with Gasteiger partial charge in [-0.05, 0) is 43.7 Å². The van der Waals surface area contributed by atoms with Crippen molar-refractivity contribution in [2.24, 2.45) is 0 Å². The van der Waals surface area contributed by atoms with Gasteiger partial charge in [-0.1, -0.05) is 5.92 Å². The first-order chi connectivity index (χ1) is 6.33. The minimum atomic E-state index is 0.959. The van der Waals surface area contributed by atoms with E-state index in [1.165, 1.54) is 29.7 Å². The fraction of sp³-hybridized carbons (Fsp3) is 0.417. The Hall–Kier alpha value is -1.29. The predicted octanol–water partition coefficient (Wildman–Crippen LogP) is 2.25. The molecule has 0 N–H and O–H groups in total. The van der Waals surface area contributed by atoms with Crippen molar-refractivity contribution in [3.05, 3.63) is 28.6 Å². The van der Waals surface area contributed by atoms with Crippen molar-refractivity contribution < 1.29 is 0 Å². The summed E-state index contributed by atoms with van der Waals surface area (Å²) in [6.45, 7) is 2.11. The third-order valence-electron chi connectivity index (χ3n) is 2.80. The molecular weight excluding hydrogens is 158 g/mol. The number of nitrogens with zero attached hydrogens (tertiary/aromatic N) is 1. The van der Waals surface area contributed by atoms with Crippen LogP contribution in [0.1, 0.15) is 35.2 Å². The maximum absolute atomic E-state index is 5.39. The van der Waals surface area contributed by atoms with E-state index in [-0.39, 0.29) is 0 Å². The summed E-state index contributed by atoms with van der Waals surface area (Å²) in [5, 5.41) is 0. The average molecular weight is 171 g/mol. The van der Waals surface area contributed by atoms with Gasteiger partial charge in [-0.15, -0.1) is 6.42 Å². The Morgan fingerprint density at radius 2 is 2.15 bits per heavy atom. The van der Waals surface area contributed by atoms with Crippen LogP contribution in [0.25, 0.3) is 0 Å². The molecule has 0 bridgehead atoms. The van der Waals surface area contributed by atoms with E-state index in [9.17, 15) is 0 Å². The molecule has 0 aliphatic heterocycles. The number of hydrogen-bond donors (Lipinski definition) is 0. The highest BCUT2D eigenvalue weighted by Gasteiger charge is 2.13. The van der Waals surface area contributed by atoms with E-state index in [0.717, 1.165) is 18.4 Å². The van der Waals surface area contributed by atoms with E-state index in [4.69, 9.17) is 6.42 Å². The molecule has 0 spiro atoms. The summed E-state index contributed by atoms with van der Waals surface area (Å²) >= 11 is 0. The second-order valence-corrected chi connectivity index (χ2v) is 3.57. The van der Waals surface area contributed by atoms with E-state index >= 15 is 0 Å². The van der Waals surface area contributed by atoms with Gasteiger partial charge in [0.15, 0.2) is 0 Å². The van der Waals surface area contributed by atoms with Gasteiger partial charge in [0.1, 0.15) is 0 Å². The van der Waals surface area contributed by atoms with E-state index in [0.29, 0.717) is 0 Å². The predicted molar refractivity (Wildman–Crippen MR) is 53.6 cm³/mol. The van der Waals surface area contributed by atoms with Crippen LogP contribution in [0, 0.1) is 19.3 Å². The minimum absolute atomic E-state index is 0.959. The standard InChI is InChI=1S/C12H13N/c1-3-10-8-13-12-7-5-4-6-11(12)9(10)2/h1,8H,4-7H2,2H3. The lowest BCUT2D eigenvalue weighted by atomic mass is 9.91. The molecule has 1 heteroatoms. The van der Waals surface area contributed by atoms with Gasteiger partial charge in [0.25, 0.3) is 0 Å². The number of fused-ring (bicyclic) bond motifs is 1. The highest BCUT2D eigenvalue weighted by molar-refractivity contribution is 5.44. The third-order valence-corrected chi connectivity index (χ3v) is 2.80. The van der Waals surface area contributed by atoms with E-state index in [1.807, 2.05) is 6.20 Å². The maximum atomic E-state index is 5.39. The fourth-order valence-corrected chi connectivity index (χ4v) is 1.98. The van der Waals surface area contributed by atoms with Crippen LogP contribution in [0.3, 0.4) is 0 Å². The molecule has 0 unspecified atom stereocenters. The molecule has 1 aliphatic rings. The number of aromatic nitrogens is 1. The maximum Gasteiger partial charge on any atom is 0.0458 e. The van der Waals surface area contributed by atoms with Crippen molar-refractivity contribution in [3.8, 4) is 12.3 Å². The zero-order chi connectivity index (χ0) is 9.26. The quantitative estimate of drug-likeness (QED) is 0.545. The Morgan fingerprint density at radius 3 is 2.92 bits per heavy atom.